The molecular formula is C23H28N2O5. The number of methoxy groups -OCH3 is 3. The maximum Gasteiger partial charge on any atom is 0.359 e. The lowest BCUT2D eigenvalue weighted by Gasteiger charge is -2.55. The van der Waals surface area contributed by atoms with Crippen LogP contribution in [-0.4, -0.2) is 55.0 Å². The van der Waals surface area contributed by atoms with Gasteiger partial charge in [-0.15, -0.1) is 0 Å². The van der Waals surface area contributed by atoms with Crippen LogP contribution in [0.2, 0.25) is 0 Å². The van der Waals surface area contributed by atoms with Crippen LogP contribution in [0.1, 0.15) is 37.1 Å². The molecule has 0 fully saturated rings. The van der Waals surface area contributed by atoms with Crippen molar-refractivity contribution in [2.45, 2.75) is 38.0 Å². The van der Waals surface area contributed by atoms with Gasteiger partial charge in [-0.05, 0) is 24.5 Å². The number of hydrogen-bond donors (Lipinski definition) is 1. The second-order valence-corrected chi connectivity index (χ2v) is 8.55. The van der Waals surface area contributed by atoms with E-state index in [-0.39, 0.29) is 17.9 Å². The normalized spacial score (nSPS) is 29.6. The van der Waals surface area contributed by atoms with E-state index in [9.17, 15) is 9.90 Å². The van der Waals surface area contributed by atoms with E-state index < -0.39 is 11.7 Å². The zero-order chi connectivity index (χ0) is 21.3. The van der Waals surface area contributed by atoms with E-state index in [1.54, 1.807) is 14.2 Å². The SMILES string of the molecule is CC[C@]12C=CCN3CCc4c(n(c5cc(OC)c(OC)cc45)[C@@](O)(C(=O)OC)C1)[C@@H]32. The molecule has 160 valence electrons. The van der Waals surface area contributed by atoms with Gasteiger partial charge >= 0.3 is 5.97 Å². The molecule has 7 nitrogen and oxygen atoms in total. The highest BCUT2D eigenvalue weighted by Gasteiger charge is 2.59. The number of hydrogen-bond acceptors (Lipinski definition) is 6. The highest BCUT2D eigenvalue weighted by molar-refractivity contribution is 5.92. The minimum absolute atomic E-state index is 0.102. The van der Waals surface area contributed by atoms with Crippen LogP contribution in [0.4, 0.5) is 0 Å². The number of esters is 1. The highest BCUT2D eigenvalue weighted by Crippen LogP contribution is 2.59. The number of aromatic nitrogens is 1. The summed E-state index contributed by atoms with van der Waals surface area (Å²) in [6.07, 6.45) is 6.31. The molecule has 0 aliphatic carbocycles. The third-order valence-electron chi connectivity index (χ3n) is 7.34. The van der Waals surface area contributed by atoms with Crippen LogP contribution < -0.4 is 9.47 Å². The van der Waals surface area contributed by atoms with Gasteiger partial charge in [-0.1, -0.05) is 19.1 Å². The van der Waals surface area contributed by atoms with Crippen molar-refractivity contribution in [3.05, 3.63) is 35.5 Å². The Bertz CT molecular complexity index is 1070. The average Bonchev–Trinajstić information content (AvgIpc) is 3.11. The molecule has 3 aliphatic rings. The van der Waals surface area contributed by atoms with E-state index >= 15 is 0 Å². The van der Waals surface area contributed by atoms with Crippen LogP contribution in [-0.2, 0) is 21.7 Å². The lowest BCUT2D eigenvalue weighted by molar-refractivity contribution is -0.187. The summed E-state index contributed by atoms with van der Waals surface area (Å²) in [4.78, 5) is 15.5. The first kappa shape index (κ1) is 19.5. The maximum absolute atomic E-state index is 13.0. The maximum atomic E-state index is 13.0. The van der Waals surface area contributed by atoms with Crippen molar-refractivity contribution < 1.29 is 24.1 Å². The van der Waals surface area contributed by atoms with E-state index in [1.165, 1.54) is 12.7 Å². The van der Waals surface area contributed by atoms with E-state index in [0.29, 0.717) is 11.5 Å². The lowest BCUT2D eigenvalue weighted by atomic mass is 9.64. The first-order chi connectivity index (χ1) is 14.4. The molecule has 4 heterocycles. The van der Waals surface area contributed by atoms with Crippen LogP contribution in [0.3, 0.4) is 0 Å². The van der Waals surface area contributed by atoms with Crippen molar-refractivity contribution in [3.8, 4) is 11.5 Å². The van der Waals surface area contributed by atoms with Gasteiger partial charge in [0.15, 0.2) is 11.5 Å². The van der Waals surface area contributed by atoms with Gasteiger partial charge in [-0.3, -0.25) is 4.90 Å². The Morgan fingerprint density at radius 2 is 1.97 bits per heavy atom. The van der Waals surface area contributed by atoms with Gasteiger partial charge in [-0.25, -0.2) is 4.79 Å². The van der Waals surface area contributed by atoms with Crippen molar-refractivity contribution in [1.29, 1.82) is 0 Å². The molecule has 0 radical (unpaired) electrons. The summed E-state index contributed by atoms with van der Waals surface area (Å²) in [5.41, 5.74) is 0.817. The number of benzene rings is 1. The second kappa shape index (κ2) is 6.49. The molecule has 3 aliphatic heterocycles. The van der Waals surface area contributed by atoms with Gasteiger partial charge in [0.05, 0.1) is 32.9 Å². The monoisotopic (exact) mass is 412 g/mol. The molecule has 0 unspecified atom stereocenters. The van der Waals surface area contributed by atoms with Crippen LogP contribution in [0.25, 0.3) is 10.9 Å². The Labute approximate surface area is 175 Å². The fourth-order valence-corrected chi connectivity index (χ4v) is 6.01. The number of aliphatic hydroxyl groups is 1. The zero-order valence-electron chi connectivity index (χ0n) is 17.9. The molecule has 0 spiro atoms. The molecular weight excluding hydrogens is 384 g/mol. The molecule has 1 aromatic heterocycles. The third kappa shape index (κ3) is 2.25. The third-order valence-corrected chi connectivity index (χ3v) is 7.34. The average molecular weight is 412 g/mol. The Balaban J connectivity index is 1.92. The quantitative estimate of drug-likeness (QED) is 0.615. The fraction of sp³-hybridized carbons (Fsp3) is 0.522. The Morgan fingerprint density at radius 1 is 1.23 bits per heavy atom. The predicted molar refractivity (Wildman–Crippen MR) is 112 cm³/mol. The van der Waals surface area contributed by atoms with E-state index in [1.807, 2.05) is 16.7 Å². The molecule has 0 bridgehead atoms. The topological polar surface area (TPSA) is 73.2 Å². The van der Waals surface area contributed by atoms with Gasteiger partial charge in [0.1, 0.15) is 0 Å². The molecule has 2 aromatic rings. The predicted octanol–water partition coefficient (Wildman–Crippen LogP) is 2.75. The largest absolute Gasteiger partial charge is 0.493 e. The van der Waals surface area contributed by atoms with E-state index in [4.69, 9.17) is 14.2 Å². The van der Waals surface area contributed by atoms with Gasteiger partial charge in [0.2, 0.25) is 5.72 Å². The first-order valence-electron chi connectivity index (χ1n) is 10.5. The van der Waals surface area contributed by atoms with Crippen molar-refractivity contribution in [1.82, 2.24) is 9.47 Å². The number of ether oxygens (including phenoxy) is 3. The van der Waals surface area contributed by atoms with Crippen molar-refractivity contribution in [2.24, 2.45) is 5.41 Å². The summed E-state index contributed by atoms with van der Waals surface area (Å²) in [5, 5.41) is 12.9. The standard InChI is InChI=1S/C23H28N2O5/c1-5-22-8-6-9-24-10-7-14-15-11-17(28-2)18(29-3)12-16(15)25(19(14)20(22)24)23(27,13-22)21(26)30-4/h6,8,11-12,20,27H,5,7,9-10,13H2,1-4H3/t20-,22+,23+/m1/s1. The van der Waals surface area contributed by atoms with Crippen LogP contribution in [0.5, 0.6) is 11.5 Å². The summed E-state index contributed by atoms with van der Waals surface area (Å²) >= 11 is 0. The lowest BCUT2D eigenvalue weighted by Crippen LogP contribution is -2.58. The number of nitrogens with zero attached hydrogens (tertiary/aromatic N) is 2. The van der Waals surface area contributed by atoms with Crippen molar-refractivity contribution in [3.63, 3.8) is 0 Å². The van der Waals surface area contributed by atoms with Crippen molar-refractivity contribution in [2.75, 3.05) is 34.4 Å². The number of rotatable bonds is 4. The van der Waals surface area contributed by atoms with Gasteiger partial charge in [0.25, 0.3) is 0 Å². The fourth-order valence-electron chi connectivity index (χ4n) is 6.01. The Morgan fingerprint density at radius 3 is 2.63 bits per heavy atom. The molecule has 7 heteroatoms. The molecule has 0 saturated carbocycles. The summed E-state index contributed by atoms with van der Waals surface area (Å²) in [6, 6.07) is 3.93. The van der Waals surface area contributed by atoms with Gasteiger partial charge in [0, 0.05) is 42.1 Å². The van der Waals surface area contributed by atoms with E-state index in [0.717, 1.165) is 42.5 Å². The van der Waals surface area contributed by atoms with Gasteiger partial charge in [-0.2, -0.15) is 0 Å². The van der Waals surface area contributed by atoms with E-state index in [2.05, 4.69) is 24.0 Å². The summed E-state index contributed by atoms with van der Waals surface area (Å²) in [7, 11) is 4.53. The molecule has 1 N–H and O–H groups in total. The molecule has 3 atom stereocenters. The van der Waals surface area contributed by atoms with Crippen molar-refractivity contribution >= 4 is 16.9 Å². The number of carbonyl (C=O) groups excluding carboxylic acids is 1. The minimum Gasteiger partial charge on any atom is -0.493 e. The molecule has 30 heavy (non-hydrogen) atoms. The summed E-state index contributed by atoms with van der Waals surface area (Å²) in [5.74, 6) is 0.564. The van der Waals surface area contributed by atoms with Crippen LogP contribution >= 0.6 is 0 Å². The van der Waals surface area contributed by atoms with Crippen LogP contribution in [0.15, 0.2) is 24.3 Å². The molecule has 0 saturated heterocycles. The summed E-state index contributed by atoms with van der Waals surface area (Å²) in [6.45, 7) is 3.94. The highest BCUT2D eigenvalue weighted by atomic mass is 16.5. The van der Waals surface area contributed by atoms with Crippen LogP contribution in [0, 0.1) is 5.41 Å². The minimum atomic E-state index is -1.79. The number of fused-ring (bicyclic) bond motifs is 3. The molecule has 1 aromatic carbocycles. The smallest absolute Gasteiger partial charge is 0.359 e. The summed E-state index contributed by atoms with van der Waals surface area (Å²) < 4.78 is 18.0. The Kier molecular flexibility index (Phi) is 4.21. The molecule has 5 rings (SSSR count). The Hall–Kier alpha value is -2.51. The molecule has 0 amide bonds. The zero-order valence-corrected chi connectivity index (χ0v) is 17.9. The van der Waals surface area contributed by atoms with Gasteiger partial charge < -0.3 is 23.9 Å². The second-order valence-electron chi connectivity index (χ2n) is 8.55. The first-order valence-corrected chi connectivity index (χ1v) is 10.5. The number of carbonyl (C=O) groups is 1.